The first kappa shape index (κ1) is 14.0. The van der Waals surface area contributed by atoms with Gasteiger partial charge in [-0.25, -0.2) is 4.79 Å². The lowest BCUT2D eigenvalue weighted by atomic mass is 9.80. The van der Waals surface area contributed by atoms with Crippen LogP contribution in [0.15, 0.2) is 6.20 Å². The molecule has 1 aromatic heterocycles. The van der Waals surface area contributed by atoms with Crippen molar-refractivity contribution in [1.82, 2.24) is 15.0 Å². The van der Waals surface area contributed by atoms with E-state index in [9.17, 15) is 4.79 Å². The predicted molar refractivity (Wildman–Crippen MR) is 70.5 cm³/mol. The van der Waals surface area contributed by atoms with Crippen molar-refractivity contribution < 1.29 is 9.53 Å². The standard InChI is InChI=1S/C13H22N4O2/c1-9-3-4-11(7-10(9)2)19-13(18)12-8-17(6-5-14)16-15-12/h8-11H,3-7,14H2,1-2H3. The zero-order chi connectivity index (χ0) is 13.8. The zero-order valence-electron chi connectivity index (χ0n) is 11.6. The normalized spacial score (nSPS) is 27.2. The molecule has 19 heavy (non-hydrogen) atoms. The van der Waals surface area contributed by atoms with E-state index in [0.717, 1.165) is 19.3 Å². The quantitative estimate of drug-likeness (QED) is 0.828. The Morgan fingerprint density at radius 1 is 1.47 bits per heavy atom. The van der Waals surface area contributed by atoms with E-state index < -0.39 is 0 Å². The Balaban J connectivity index is 1.89. The average molecular weight is 266 g/mol. The highest BCUT2D eigenvalue weighted by Crippen LogP contribution is 2.31. The third kappa shape index (κ3) is 3.53. The van der Waals surface area contributed by atoms with Gasteiger partial charge in [-0.3, -0.25) is 4.68 Å². The van der Waals surface area contributed by atoms with Crippen molar-refractivity contribution in [3.63, 3.8) is 0 Å². The molecule has 2 N–H and O–H groups in total. The number of hydrogen-bond acceptors (Lipinski definition) is 5. The molecule has 1 fully saturated rings. The molecule has 1 heterocycles. The first-order chi connectivity index (χ1) is 9.10. The lowest BCUT2D eigenvalue weighted by Crippen LogP contribution is -2.28. The molecule has 0 amide bonds. The summed E-state index contributed by atoms with van der Waals surface area (Å²) in [6, 6.07) is 0. The van der Waals surface area contributed by atoms with Gasteiger partial charge in [-0.1, -0.05) is 19.1 Å². The molecule has 6 heteroatoms. The predicted octanol–water partition coefficient (Wildman–Crippen LogP) is 1.22. The number of aromatic nitrogens is 3. The molecular weight excluding hydrogens is 244 g/mol. The van der Waals surface area contributed by atoms with Crippen LogP contribution in [0.1, 0.15) is 43.6 Å². The van der Waals surface area contributed by atoms with Gasteiger partial charge in [0, 0.05) is 6.54 Å². The Kier molecular flexibility index (Phi) is 4.52. The molecule has 1 saturated carbocycles. The van der Waals surface area contributed by atoms with Crippen LogP contribution in [0.4, 0.5) is 0 Å². The van der Waals surface area contributed by atoms with Crippen LogP contribution >= 0.6 is 0 Å². The van der Waals surface area contributed by atoms with Gasteiger partial charge in [-0.2, -0.15) is 0 Å². The van der Waals surface area contributed by atoms with Crippen LogP contribution in [0, 0.1) is 11.8 Å². The molecule has 6 nitrogen and oxygen atoms in total. The molecule has 0 bridgehead atoms. The molecule has 0 spiro atoms. The third-order valence-electron chi connectivity index (χ3n) is 3.93. The maximum atomic E-state index is 11.9. The zero-order valence-corrected chi connectivity index (χ0v) is 11.6. The van der Waals surface area contributed by atoms with Gasteiger partial charge in [0.25, 0.3) is 0 Å². The monoisotopic (exact) mass is 266 g/mol. The van der Waals surface area contributed by atoms with Crippen molar-refractivity contribution in [2.75, 3.05) is 6.54 Å². The van der Waals surface area contributed by atoms with Gasteiger partial charge in [0.15, 0.2) is 5.69 Å². The number of nitrogens with two attached hydrogens (primary N) is 1. The second-order valence-corrected chi connectivity index (χ2v) is 5.45. The highest BCUT2D eigenvalue weighted by Gasteiger charge is 2.28. The van der Waals surface area contributed by atoms with E-state index in [1.807, 2.05) is 0 Å². The van der Waals surface area contributed by atoms with Crippen molar-refractivity contribution in [2.24, 2.45) is 17.6 Å². The summed E-state index contributed by atoms with van der Waals surface area (Å²) in [7, 11) is 0. The maximum absolute atomic E-state index is 11.9. The van der Waals surface area contributed by atoms with E-state index in [0.29, 0.717) is 24.9 Å². The van der Waals surface area contributed by atoms with E-state index in [1.165, 1.54) is 0 Å². The van der Waals surface area contributed by atoms with Crippen molar-refractivity contribution in [3.8, 4) is 0 Å². The first-order valence-electron chi connectivity index (χ1n) is 6.91. The molecule has 106 valence electrons. The largest absolute Gasteiger partial charge is 0.458 e. The number of esters is 1. The van der Waals surface area contributed by atoms with Gasteiger partial charge in [0.05, 0.1) is 12.7 Å². The molecule has 1 aromatic rings. The van der Waals surface area contributed by atoms with Crippen LogP contribution in [-0.4, -0.2) is 33.6 Å². The van der Waals surface area contributed by atoms with Gasteiger partial charge in [0.2, 0.25) is 0 Å². The van der Waals surface area contributed by atoms with Gasteiger partial charge in [-0.05, 0) is 31.1 Å². The molecule has 3 atom stereocenters. The van der Waals surface area contributed by atoms with E-state index >= 15 is 0 Å². The molecule has 2 rings (SSSR count). The van der Waals surface area contributed by atoms with E-state index in [1.54, 1.807) is 10.9 Å². The number of hydrogen-bond donors (Lipinski definition) is 1. The summed E-state index contributed by atoms with van der Waals surface area (Å²) in [5, 5.41) is 7.65. The van der Waals surface area contributed by atoms with Gasteiger partial charge < -0.3 is 10.5 Å². The highest BCUT2D eigenvalue weighted by atomic mass is 16.5. The molecular formula is C13H22N4O2. The number of nitrogens with zero attached hydrogens (tertiary/aromatic N) is 3. The van der Waals surface area contributed by atoms with Crippen LogP contribution in [-0.2, 0) is 11.3 Å². The summed E-state index contributed by atoms with van der Waals surface area (Å²) in [6.45, 7) is 5.48. The van der Waals surface area contributed by atoms with E-state index in [4.69, 9.17) is 10.5 Å². The van der Waals surface area contributed by atoms with Crippen molar-refractivity contribution in [2.45, 2.75) is 45.8 Å². The average Bonchev–Trinajstić information content (AvgIpc) is 2.83. The Hall–Kier alpha value is -1.43. The number of carbonyl (C=O) groups is 1. The van der Waals surface area contributed by atoms with Gasteiger partial charge in [-0.15, -0.1) is 5.10 Å². The SMILES string of the molecule is CC1CCC(OC(=O)c2cn(CCN)nn2)CC1C. The fourth-order valence-corrected chi connectivity index (χ4v) is 2.45. The Morgan fingerprint density at radius 2 is 2.26 bits per heavy atom. The van der Waals surface area contributed by atoms with Crippen LogP contribution in [0.25, 0.3) is 0 Å². The Labute approximate surface area is 113 Å². The number of carbonyl (C=O) groups excluding carboxylic acids is 1. The lowest BCUT2D eigenvalue weighted by Gasteiger charge is -2.31. The van der Waals surface area contributed by atoms with Crippen LogP contribution in [0.2, 0.25) is 0 Å². The molecule has 1 aliphatic carbocycles. The van der Waals surface area contributed by atoms with Gasteiger partial charge >= 0.3 is 5.97 Å². The maximum Gasteiger partial charge on any atom is 0.360 e. The topological polar surface area (TPSA) is 83.0 Å². The third-order valence-corrected chi connectivity index (χ3v) is 3.93. The summed E-state index contributed by atoms with van der Waals surface area (Å²) in [5.74, 6) is 0.926. The second kappa shape index (κ2) is 6.14. The van der Waals surface area contributed by atoms with Crippen molar-refractivity contribution in [3.05, 3.63) is 11.9 Å². The van der Waals surface area contributed by atoms with Gasteiger partial charge in [0.1, 0.15) is 6.10 Å². The van der Waals surface area contributed by atoms with Crippen molar-refractivity contribution >= 4 is 5.97 Å². The Morgan fingerprint density at radius 3 is 2.95 bits per heavy atom. The summed E-state index contributed by atoms with van der Waals surface area (Å²) in [6.07, 6.45) is 4.58. The number of rotatable bonds is 4. The van der Waals surface area contributed by atoms with Crippen LogP contribution < -0.4 is 5.73 Å². The molecule has 1 aliphatic rings. The molecule has 0 aromatic carbocycles. The van der Waals surface area contributed by atoms with E-state index in [2.05, 4.69) is 24.2 Å². The number of ether oxygens (including phenoxy) is 1. The summed E-state index contributed by atoms with van der Waals surface area (Å²) in [4.78, 5) is 11.9. The molecule has 0 aliphatic heterocycles. The minimum Gasteiger partial charge on any atom is -0.458 e. The molecule has 3 unspecified atom stereocenters. The van der Waals surface area contributed by atoms with Crippen molar-refractivity contribution in [1.29, 1.82) is 0 Å². The van der Waals surface area contributed by atoms with E-state index in [-0.39, 0.29) is 17.8 Å². The lowest BCUT2D eigenvalue weighted by molar-refractivity contribution is 0.00817. The fourth-order valence-electron chi connectivity index (χ4n) is 2.45. The summed E-state index contributed by atoms with van der Waals surface area (Å²) >= 11 is 0. The van der Waals surface area contributed by atoms with Crippen LogP contribution in [0.3, 0.4) is 0 Å². The smallest absolute Gasteiger partial charge is 0.360 e. The highest BCUT2D eigenvalue weighted by molar-refractivity contribution is 5.86. The molecule has 0 saturated heterocycles. The minimum atomic E-state index is -0.380. The second-order valence-electron chi connectivity index (χ2n) is 5.45. The first-order valence-corrected chi connectivity index (χ1v) is 6.91. The Bertz CT molecular complexity index is 432. The molecule has 0 radical (unpaired) electrons. The van der Waals surface area contributed by atoms with Crippen LogP contribution in [0.5, 0.6) is 0 Å². The summed E-state index contributed by atoms with van der Waals surface area (Å²) < 4.78 is 7.06. The minimum absolute atomic E-state index is 0.0124. The fraction of sp³-hybridized carbons (Fsp3) is 0.769. The summed E-state index contributed by atoms with van der Waals surface area (Å²) in [5.41, 5.74) is 5.68.